The number of rotatable bonds is 2. The van der Waals surface area contributed by atoms with Crippen molar-refractivity contribution in [2.24, 2.45) is 4.99 Å². The van der Waals surface area contributed by atoms with E-state index in [2.05, 4.69) is 4.99 Å². The first-order valence-corrected chi connectivity index (χ1v) is 8.41. The topological polar surface area (TPSA) is 51.4 Å². The zero-order chi connectivity index (χ0) is 18.7. The first kappa shape index (κ1) is 17.5. The van der Waals surface area contributed by atoms with E-state index in [9.17, 15) is 9.59 Å². The van der Waals surface area contributed by atoms with Crippen molar-refractivity contribution in [1.29, 1.82) is 0 Å². The van der Waals surface area contributed by atoms with Gasteiger partial charge in [0.25, 0.3) is 11.8 Å². The summed E-state index contributed by atoms with van der Waals surface area (Å²) >= 11 is 0. The molecule has 0 fully saturated rings. The lowest BCUT2D eigenvalue weighted by Gasteiger charge is -2.09. The van der Waals surface area contributed by atoms with Gasteiger partial charge in [-0.25, -0.2) is 0 Å². The summed E-state index contributed by atoms with van der Waals surface area (Å²) in [4.78, 5) is 29.8. The molecule has 4 heteroatoms. The van der Waals surface area contributed by atoms with Gasteiger partial charge in [0.05, 0.1) is 0 Å². The first-order valence-electron chi connectivity index (χ1n) is 8.41. The Morgan fingerprint density at radius 2 is 1.42 bits per heavy atom. The van der Waals surface area contributed by atoms with Crippen LogP contribution in [-0.2, 0) is 0 Å². The lowest BCUT2D eigenvalue weighted by atomic mass is 10.1. The maximum Gasteiger partial charge on any atom is 0.278 e. The predicted octanol–water partition coefficient (Wildman–Crippen LogP) is 3.84. The number of hydrogen-bond acceptors (Lipinski definition) is 2. The number of hydrogen-bond donors (Lipinski definition) is 0. The predicted molar refractivity (Wildman–Crippen MR) is 101 cm³/mol. The molecular formula is C22H20N2O2. The molecule has 3 rings (SSSR count). The molecule has 0 spiro atoms. The van der Waals surface area contributed by atoms with E-state index in [-0.39, 0.29) is 11.8 Å². The molecule has 26 heavy (non-hydrogen) atoms. The van der Waals surface area contributed by atoms with Crippen molar-refractivity contribution in [3.8, 4) is 0 Å². The largest absolute Gasteiger partial charge is 0.278 e. The maximum absolute atomic E-state index is 12.9. The Kier molecular flexibility index (Phi) is 4.94. The third kappa shape index (κ3) is 3.70. The van der Waals surface area contributed by atoms with Crippen LogP contribution >= 0.6 is 0 Å². The highest BCUT2D eigenvalue weighted by atomic mass is 16.2. The van der Waals surface area contributed by atoms with E-state index in [0.717, 1.165) is 16.7 Å². The summed E-state index contributed by atoms with van der Waals surface area (Å²) in [7, 11) is 0. The second-order valence-corrected chi connectivity index (χ2v) is 6.35. The highest BCUT2D eigenvalue weighted by molar-refractivity contribution is 5.97. The third-order valence-corrected chi connectivity index (χ3v) is 4.12. The SMILES string of the molecule is Cc1cccc(C(=O)N=c2c(C)cccn2C(=O)c2cccc(C)c2)c1. The molecule has 0 saturated heterocycles. The zero-order valence-corrected chi connectivity index (χ0v) is 15.1. The Morgan fingerprint density at radius 3 is 2.08 bits per heavy atom. The number of carbonyl (C=O) groups is 2. The van der Waals surface area contributed by atoms with Crippen LogP contribution in [0.25, 0.3) is 0 Å². The van der Waals surface area contributed by atoms with Crippen LogP contribution in [0.1, 0.15) is 37.4 Å². The van der Waals surface area contributed by atoms with Crippen LogP contribution in [0.2, 0.25) is 0 Å². The van der Waals surface area contributed by atoms with Gasteiger partial charge in [0.2, 0.25) is 0 Å². The Balaban J connectivity index is 2.11. The Bertz CT molecular complexity index is 1060. The van der Waals surface area contributed by atoms with Crippen molar-refractivity contribution >= 4 is 11.8 Å². The fourth-order valence-electron chi connectivity index (χ4n) is 2.77. The molecular weight excluding hydrogens is 324 g/mol. The minimum atomic E-state index is -0.367. The Labute approximate surface area is 152 Å². The van der Waals surface area contributed by atoms with Crippen LogP contribution in [0.3, 0.4) is 0 Å². The second-order valence-electron chi connectivity index (χ2n) is 6.35. The highest BCUT2D eigenvalue weighted by Crippen LogP contribution is 2.07. The summed E-state index contributed by atoms with van der Waals surface area (Å²) < 4.78 is 1.43. The minimum absolute atomic E-state index is 0.215. The fraction of sp³-hybridized carbons (Fsp3) is 0.136. The molecule has 1 heterocycles. The number of pyridine rings is 1. The van der Waals surface area contributed by atoms with Crippen LogP contribution in [-0.4, -0.2) is 16.4 Å². The molecule has 4 nitrogen and oxygen atoms in total. The number of nitrogens with zero attached hydrogens (tertiary/aromatic N) is 2. The number of aromatic nitrogens is 1. The molecule has 0 atom stereocenters. The van der Waals surface area contributed by atoms with E-state index in [0.29, 0.717) is 16.6 Å². The minimum Gasteiger partial charge on any atom is -0.268 e. The van der Waals surface area contributed by atoms with E-state index >= 15 is 0 Å². The maximum atomic E-state index is 12.9. The molecule has 3 aromatic rings. The van der Waals surface area contributed by atoms with Gasteiger partial charge in [0, 0.05) is 17.3 Å². The quantitative estimate of drug-likeness (QED) is 0.709. The van der Waals surface area contributed by atoms with Crippen LogP contribution < -0.4 is 5.49 Å². The van der Waals surface area contributed by atoms with Gasteiger partial charge in [-0.15, -0.1) is 0 Å². The molecule has 0 aliphatic carbocycles. The molecule has 0 aliphatic rings. The highest BCUT2D eigenvalue weighted by Gasteiger charge is 2.12. The fourth-order valence-corrected chi connectivity index (χ4v) is 2.77. The molecule has 0 bridgehead atoms. The van der Waals surface area contributed by atoms with Crippen molar-refractivity contribution in [1.82, 2.24) is 4.57 Å². The normalized spacial score (nSPS) is 11.4. The van der Waals surface area contributed by atoms with Gasteiger partial charge in [-0.2, -0.15) is 4.99 Å². The van der Waals surface area contributed by atoms with Gasteiger partial charge in [-0.1, -0.05) is 41.5 Å². The molecule has 0 N–H and O–H groups in total. The average Bonchev–Trinajstić information content (AvgIpc) is 2.62. The molecule has 0 aliphatic heterocycles. The molecule has 1 amide bonds. The smallest absolute Gasteiger partial charge is 0.268 e. The van der Waals surface area contributed by atoms with E-state index in [1.807, 2.05) is 57.2 Å². The zero-order valence-electron chi connectivity index (χ0n) is 15.1. The van der Waals surface area contributed by atoms with E-state index in [1.165, 1.54) is 4.57 Å². The summed E-state index contributed by atoms with van der Waals surface area (Å²) in [6, 6.07) is 18.2. The molecule has 0 saturated carbocycles. The van der Waals surface area contributed by atoms with Crippen molar-refractivity contribution < 1.29 is 9.59 Å². The summed E-state index contributed by atoms with van der Waals surface area (Å²) in [5.41, 5.74) is 4.15. The van der Waals surface area contributed by atoms with Gasteiger partial charge < -0.3 is 0 Å². The molecule has 0 radical (unpaired) electrons. The lowest BCUT2D eigenvalue weighted by Crippen LogP contribution is -2.30. The van der Waals surface area contributed by atoms with Crippen LogP contribution in [0, 0.1) is 20.8 Å². The summed E-state index contributed by atoms with van der Waals surface area (Å²) in [6.45, 7) is 5.69. The van der Waals surface area contributed by atoms with Crippen molar-refractivity contribution in [3.05, 3.63) is 100 Å². The number of carbonyl (C=O) groups excluding carboxylic acids is 2. The average molecular weight is 344 g/mol. The summed E-state index contributed by atoms with van der Waals surface area (Å²) in [5.74, 6) is -0.581. The second kappa shape index (κ2) is 7.31. The van der Waals surface area contributed by atoms with Crippen LogP contribution in [0.5, 0.6) is 0 Å². The van der Waals surface area contributed by atoms with E-state index < -0.39 is 0 Å². The van der Waals surface area contributed by atoms with E-state index in [4.69, 9.17) is 0 Å². The summed E-state index contributed by atoms with van der Waals surface area (Å²) in [6.07, 6.45) is 1.64. The van der Waals surface area contributed by atoms with Crippen molar-refractivity contribution in [3.63, 3.8) is 0 Å². The molecule has 2 aromatic carbocycles. The van der Waals surface area contributed by atoms with Crippen LogP contribution in [0.15, 0.2) is 71.9 Å². The van der Waals surface area contributed by atoms with Crippen molar-refractivity contribution in [2.45, 2.75) is 20.8 Å². The van der Waals surface area contributed by atoms with Gasteiger partial charge >= 0.3 is 0 Å². The number of aryl methyl sites for hydroxylation is 3. The monoisotopic (exact) mass is 344 g/mol. The molecule has 0 unspecified atom stereocenters. The van der Waals surface area contributed by atoms with Crippen molar-refractivity contribution in [2.75, 3.05) is 0 Å². The van der Waals surface area contributed by atoms with Gasteiger partial charge in [0.15, 0.2) is 0 Å². The molecule has 130 valence electrons. The van der Waals surface area contributed by atoms with Crippen LogP contribution in [0.4, 0.5) is 0 Å². The Hall–Kier alpha value is -3.27. The van der Waals surface area contributed by atoms with Gasteiger partial charge in [-0.05, 0) is 56.7 Å². The summed E-state index contributed by atoms with van der Waals surface area (Å²) in [5, 5.41) is 0. The van der Waals surface area contributed by atoms with Gasteiger partial charge in [-0.3, -0.25) is 14.2 Å². The number of benzene rings is 2. The lowest BCUT2D eigenvalue weighted by molar-refractivity contribution is 0.0952. The molecule has 1 aromatic heterocycles. The third-order valence-electron chi connectivity index (χ3n) is 4.12. The first-order chi connectivity index (χ1) is 12.5. The standard InChI is InChI=1S/C22H20N2O2/c1-15-7-4-10-18(13-15)21(25)23-20-17(3)9-6-12-24(20)22(26)19-11-5-8-16(2)14-19/h4-14H,1-3H3. The number of amides is 1. The Morgan fingerprint density at radius 1 is 0.808 bits per heavy atom. The van der Waals surface area contributed by atoms with Gasteiger partial charge in [0.1, 0.15) is 5.49 Å². The van der Waals surface area contributed by atoms with E-state index in [1.54, 1.807) is 30.5 Å².